The van der Waals surface area contributed by atoms with Crippen molar-refractivity contribution in [1.29, 1.82) is 0 Å². The minimum absolute atomic E-state index is 0.0908. The molecule has 0 spiro atoms. The number of likely N-dealkylation sites (tertiary alicyclic amines) is 1. The number of anilines is 1. The number of ether oxygens (including phenoxy) is 1. The van der Waals surface area contributed by atoms with Gasteiger partial charge in [-0.2, -0.15) is 0 Å². The lowest BCUT2D eigenvalue weighted by molar-refractivity contribution is -0.155. The van der Waals surface area contributed by atoms with Crippen molar-refractivity contribution >= 4 is 23.5 Å². The lowest BCUT2D eigenvalue weighted by Crippen LogP contribution is -2.41. The second kappa shape index (κ2) is 7.89. The zero-order valence-electron chi connectivity index (χ0n) is 15.4. The number of piperidine rings is 1. The summed E-state index contributed by atoms with van der Waals surface area (Å²) in [4.78, 5) is 40.1. The van der Waals surface area contributed by atoms with E-state index in [0.29, 0.717) is 12.5 Å². The normalized spacial score (nSPS) is 23.2. The minimum atomic E-state index is -0.517. The van der Waals surface area contributed by atoms with Gasteiger partial charge in [-0.05, 0) is 37.8 Å². The second-order valence-electron chi connectivity index (χ2n) is 7.44. The van der Waals surface area contributed by atoms with Crippen LogP contribution in [0.15, 0.2) is 24.3 Å². The van der Waals surface area contributed by atoms with Crippen molar-refractivity contribution in [2.75, 3.05) is 31.1 Å². The summed E-state index contributed by atoms with van der Waals surface area (Å²) < 4.78 is 5.22. The largest absolute Gasteiger partial charge is 0.455 e. The third kappa shape index (κ3) is 4.23. The second-order valence-corrected chi connectivity index (χ2v) is 7.44. The Morgan fingerprint density at radius 1 is 1.19 bits per heavy atom. The molecule has 0 radical (unpaired) electrons. The van der Waals surface area contributed by atoms with Crippen LogP contribution in [-0.2, 0) is 19.1 Å². The highest BCUT2D eigenvalue weighted by molar-refractivity contribution is 5.99. The van der Waals surface area contributed by atoms with E-state index in [2.05, 4.69) is 6.92 Å². The number of carbonyl (C=O) groups is 3. The fourth-order valence-electron chi connectivity index (χ4n) is 3.60. The highest BCUT2D eigenvalue weighted by Gasteiger charge is 2.36. The van der Waals surface area contributed by atoms with Gasteiger partial charge in [-0.3, -0.25) is 14.4 Å². The molecule has 26 heavy (non-hydrogen) atoms. The van der Waals surface area contributed by atoms with Crippen LogP contribution in [0.2, 0.25) is 0 Å². The first kappa shape index (κ1) is 18.4. The molecule has 1 aromatic rings. The zero-order chi connectivity index (χ0) is 18.7. The average Bonchev–Trinajstić information content (AvgIpc) is 3.02. The summed E-state index contributed by atoms with van der Waals surface area (Å²) in [5, 5.41) is 0. The van der Waals surface area contributed by atoms with Crippen molar-refractivity contribution in [3.63, 3.8) is 0 Å². The number of rotatable bonds is 4. The number of esters is 1. The third-order valence-electron chi connectivity index (χ3n) is 5.15. The van der Waals surface area contributed by atoms with Crippen molar-refractivity contribution < 1.29 is 19.1 Å². The fourth-order valence-corrected chi connectivity index (χ4v) is 3.60. The van der Waals surface area contributed by atoms with E-state index in [1.165, 1.54) is 0 Å². The number of hydrogen-bond donors (Lipinski definition) is 0. The van der Waals surface area contributed by atoms with Crippen LogP contribution in [0, 0.1) is 18.8 Å². The predicted molar refractivity (Wildman–Crippen MR) is 97.6 cm³/mol. The molecule has 2 amide bonds. The highest BCUT2D eigenvalue weighted by Crippen LogP contribution is 2.26. The molecule has 140 valence electrons. The Bertz CT molecular complexity index is 686. The number of carbonyl (C=O) groups excluding carboxylic acids is 3. The summed E-state index contributed by atoms with van der Waals surface area (Å²) in [7, 11) is 0. The summed E-state index contributed by atoms with van der Waals surface area (Å²) in [5.41, 5.74) is 1.90. The third-order valence-corrected chi connectivity index (χ3v) is 5.15. The Labute approximate surface area is 154 Å². The SMILES string of the molecule is Cc1ccc(N2C[C@H](C(=O)OCC(=O)N3CCC[C@@H](C)C3)CC2=O)cc1. The lowest BCUT2D eigenvalue weighted by atomic mass is 10.0. The standard InChI is InChI=1S/C20H26N2O4/c1-14-5-7-17(8-6-14)22-12-16(10-18(22)23)20(25)26-13-19(24)21-9-3-4-15(2)11-21/h5-8,15-16H,3-4,9-13H2,1-2H3/t15-,16-/m1/s1. The molecule has 0 bridgehead atoms. The molecule has 0 aliphatic carbocycles. The quantitative estimate of drug-likeness (QED) is 0.774. The molecule has 6 nitrogen and oxygen atoms in total. The number of hydrogen-bond acceptors (Lipinski definition) is 4. The Morgan fingerprint density at radius 3 is 2.62 bits per heavy atom. The van der Waals surface area contributed by atoms with Crippen LogP contribution in [0.25, 0.3) is 0 Å². The smallest absolute Gasteiger partial charge is 0.311 e. The Kier molecular flexibility index (Phi) is 5.59. The number of amides is 2. The molecule has 1 aromatic carbocycles. The van der Waals surface area contributed by atoms with E-state index in [9.17, 15) is 14.4 Å². The lowest BCUT2D eigenvalue weighted by Gasteiger charge is -2.30. The molecule has 2 fully saturated rings. The number of nitrogens with zero attached hydrogens (tertiary/aromatic N) is 2. The van der Waals surface area contributed by atoms with Crippen molar-refractivity contribution in [2.24, 2.45) is 11.8 Å². The maximum atomic E-state index is 12.3. The predicted octanol–water partition coefficient (Wildman–Crippen LogP) is 2.15. The molecular weight excluding hydrogens is 332 g/mol. The van der Waals surface area contributed by atoms with Gasteiger partial charge in [0.25, 0.3) is 5.91 Å². The average molecular weight is 358 g/mol. The van der Waals surface area contributed by atoms with Crippen LogP contribution in [0.4, 0.5) is 5.69 Å². The zero-order valence-corrected chi connectivity index (χ0v) is 15.4. The summed E-state index contributed by atoms with van der Waals surface area (Å²) >= 11 is 0. The van der Waals surface area contributed by atoms with Gasteiger partial charge in [0.1, 0.15) is 0 Å². The van der Waals surface area contributed by atoms with Gasteiger partial charge in [0, 0.05) is 31.7 Å². The van der Waals surface area contributed by atoms with Crippen LogP contribution >= 0.6 is 0 Å². The van der Waals surface area contributed by atoms with E-state index in [1.807, 2.05) is 31.2 Å². The highest BCUT2D eigenvalue weighted by atomic mass is 16.5. The first-order valence-corrected chi connectivity index (χ1v) is 9.25. The van der Waals surface area contributed by atoms with E-state index in [4.69, 9.17) is 4.74 Å². The van der Waals surface area contributed by atoms with Crippen LogP contribution < -0.4 is 4.90 Å². The van der Waals surface area contributed by atoms with Gasteiger partial charge in [-0.25, -0.2) is 0 Å². The van der Waals surface area contributed by atoms with Crippen LogP contribution in [0.3, 0.4) is 0 Å². The molecule has 2 atom stereocenters. The first-order valence-electron chi connectivity index (χ1n) is 9.25. The molecule has 2 aliphatic rings. The van der Waals surface area contributed by atoms with Crippen LogP contribution in [-0.4, -0.2) is 48.9 Å². The molecule has 0 saturated carbocycles. The Morgan fingerprint density at radius 2 is 1.92 bits per heavy atom. The Balaban J connectivity index is 1.51. The molecule has 0 N–H and O–H groups in total. The van der Waals surface area contributed by atoms with E-state index in [0.717, 1.165) is 37.2 Å². The molecule has 2 aliphatic heterocycles. The van der Waals surface area contributed by atoms with Crippen molar-refractivity contribution in [1.82, 2.24) is 4.90 Å². The molecule has 3 rings (SSSR count). The van der Waals surface area contributed by atoms with E-state index in [-0.39, 0.29) is 24.8 Å². The van der Waals surface area contributed by atoms with Gasteiger partial charge >= 0.3 is 5.97 Å². The molecule has 0 aromatic heterocycles. The van der Waals surface area contributed by atoms with E-state index in [1.54, 1.807) is 9.80 Å². The van der Waals surface area contributed by atoms with Gasteiger partial charge in [-0.15, -0.1) is 0 Å². The van der Waals surface area contributed by atoms with Crippen molar-refractivity contribution in [2.45, 2.75) is 33.1 Å². The van der Waals surface area contributed by atoms with Gasteiger partial charge in [0.05, 0.1) is 5.92 Å². The maximum absolute atomic E-state index is 12.3. The first-order chi connectivity index (χ1) is 12.4. The fraction of sp³-hybridized carbons (Fsp3) is 0.550. The van der Waals surface area contributed by atoms with Crippen LogP contribution in [0.5, 0.6) is 0 Å². The molecule has 2 heterocycles. The van der Waals surface area contributed by atoms with Crippen molar-refractivity contribution in [3.8, 4) is 0 Å². The monoisotopic (exact) mass is 358 g/mol. The van der Waals surface area contributed by atoms with Gasteiger partial charge in [0.2, 0.25) is 5.91 Å². The number of benzene rings is 1. The van der Waals surface area contributed by atoms with E-state index >= 15 is 0 Å². The van der Waals surface area contributed by atoms with Gasteiger partial charge in [-0.1, -0.05) is 24.6 Å². The summed E-state index contributed by atoms with van der Waals surface area (Å²) in [6, 6.07) is 7.63. The van der Waals surface area contributed by atoms with Gasteiger partial charge in [0.15, 0.2) is 6.61 Å². The topological polar surface area (TPSA) is 66.9 Å². The van der Waals surface area contributed by atoms with Crippen LogP contribution in [0.1, 0.15) is 31.7 Å². The van der Waals surface area contributed by atoms with E-state index < -0.39 is 11.9 Å². The summed E-state index contributed by atoms with van der Waals surface area (Å²) in [6.45, 7) is 5.62. The minimum Gasteiger partial charge on any atom is -0.455 e. The van der Waals surface area contributed by atoms with Crippen molar-refractivity contribution in [3.05, 3.63) is 29.8 Å². The molecule has 6 heteroatoms. The Hall–Kier alpha value is -2.37. The number of aryl methyl sites for hydroxylation is 1. The molecular formula is C20H26N2O4. The summed E-state index contributed by atoms with van der Waals surface area (Å²) in [6.07, 6.45) is 2.24. The summed E-state index contributed by atoms with van der Waals surface area (Å²) in [5.74, 6) is -0.737. The molecule has 2 saturated heterocycles. The molecule has 0 unspecified atom stereocenters. The van der Waals surface area contributed by atoms with Gasteiger partial charge < -0.3 is 14.5 Å². The maximum Gasteiger partial charge on any atom is 0.311 e.